The van der Waals surface area contributed by atoms with Crippen LogP contribution in [0.5, 0.6) is 0 Å². The molecule has 0 bridgehead atoms. The van der Waals surface area contributed by atoms with Crippen LogP contribution in [-0.4, -0.2) is 36.5 Å². The van der Waals surface area contributed by atoms with E-state index in [9.17, 15) is 22.8 Å². The summed E-state index contributed by atoms with van der Waals surface area (Å²) in [6.45, 7) is 2.31. The number of anilines is 1. The van der Waals surface area contributed by atoms with Crippen LogP contribution in [0.2, 0.25) is 0 Å². The smallest absolute Gasteiger partial charge is 0.416 e. The zero-order valence-electron chi connectivity index (χ0n) is 16.8. The van der Waals surface area contributed by atoms with Crippen LogP contribution in [0.1, 0.15) is 39.9 Å². The number of esters is 1. The van der Waals surface area contributed by atoms with Crippen molar-refractivity contribution in [2.45, 2.75) is 38.5 Å². The summed E-state index contributed by atoms with van der Waals surface area (Å²) < 4.78 is 42.9. The second-order valence-corrected chi connectivity index (χ2v) is 7.40. The summed E-state index contributed by atoms with van der Waals surface area (Å²) in [5.74, 6) is -0.744. The number of hydrogen-bond donors (Lipinski definition) is 1. The maximum absolute atomic E-state index is 12.7. The SMILES string of the molecule is COC(=O)c1ccc(C)c(NC(=O)CN(Cc2ccc(C(F)(F)F)cc2)C2CC2)c1. The van der Waals surface area contributed by atoms with Gasteiger partial charge in [0.25, 0.3) is 0 Å². The second kappa shape index (κ2) is 8.87. The fraction of sp³-hybridized carbons (Fsp3) is 0.364. The molecule has 8 heteroatoms. The van der Waals surface area contributed by atoms with Crippen molar-refractivity contribution in [1.29, 1.82) is 0 Å². The van der Waals surface area contributed by atoms with Gasteiger partial charge in [0, 0.05) is 18.3 Å². The van der Waals surface area contributed by atoms with Crippen LogP contribution in [0.3, 0.4) is 0 Å². The van der Waals surface area contributed by atoms with Gasteiger partial charge in [-0.2, -0.15) is 13.2 Å². The van der Waals surface area contributed by atoms with Gasteiger partial charge >= 0.3 is 12.1 Å². The first-order valence-electron chi connectivity index (χ1n) is 9.56. The van der Waals surface area contributed by atoms with Crippen molar-refractivity contribution in [3.8, 4) is 0 Å². The quantitative estimate of drug-likeness (QED) is 0.675. The van der Waals surface area contributed by atoms with E-state index in [1.807, 2.05) is 11.8 Å². The lowest BCUT2D eigenvalue weighted by atomic mass is 10.1. The Morgan fingerprint density at radius 2 is 1.80 bits per heavy atom. The van der Waals surface area contributed by atoms with Gasteiger partial charge in [0.05, 0.1) is 24.8 Å². The molecule has 1 aliphatic carbocycles. The Labute approximate surface area is 172 Å². The fourth-order valence-electron chi connectivity index (χ4n) is 3.16. The van der Waals surface area contributed by atoms with Gasteiger partial charge in [0.15, 0.2) is 0 Å². The van der Waals surface area contributed by atoms with E-state index < -0.39 is 17.7 Å². The minimum atomic E-state index is -4.37. The Bertz CT molecular complexity index is 922. The predicted molar refractivity (Wildman–Crippen MR) is 106 cm³/mol. The minimum Gasteiger partial charge on any atom is -0.465 e. The third-order valence-electron chi connectivity index (χ3n) is 5.01. The number of alkyl halides is 3. The molecule has 0 spiro atoms. The van der Waals surface area contributed by atoms with Crippen molar-refractivity contribution >= 4 is 17.6 Å². The number of carbonyl (C=O) groups is 2. The molecule has 0 atom stereocenters. The van der Waals surface area contributed by atoms with E-state index in [2.05, 4.69) is 5.32 Å². The van der Waals surface area contributed by atoms with Crippen molar-refractivity contribution in [3.63, 3.8) is 0 Å². The molecule has 0 aliphatic heterocycles. The number of amides is 1. The second-order valence-electron chi connectivity index (χ2n) is 7.40. The largest absolute Gasteiger partial charge is 0.465 e. The molecule has 160 valence electrons. The van der Waals surface area contributed by atoms with Crippen LogP contribution < -0.4 is 5.32 Å². The molecule has 0 unspecified atom stereocenters. The lowest BCUT2D eigenvalue weighted by Gasteiger charge is -2.22. The van der Waals surface area contributed by atoms with Crippen molar-refractivity contribution < 1.29 is 27.5 Å². The number of benzene rings is 2. The number of carbonyl (C=O) groups excluding carboxylic acids is 2. The van der Waals surface area contributed by atoms with Gasteiger partial charge in [0.1, 0.15) is 0 Å². The van der Waals surface area contributed by atoms with E-state index in [0.717, 1.165) is 30.5 Å². The standard InChI is InChI=1S/C22H23F3N2O3/c1-14-3-6-16(21(29)30-2)11-19(14)26-20(28)13-27(18-9-10-18)12-15-4-7-17(8-5-15)22(23,24)25/h3-8,11,18H,9-10,12-13H2,1-2H3,(H,26,28). The van der Waals surface area contributed by atoms with Crippen LogP contribution in [-0.2, 0) is 22.3 Å². The molecule has 0 aromatic heterocycles. The average Bonchev–Trinajstić information content (AvgIpc) is 3.53. The Kier molecular flexibility index (Phi) is 6.45. The number of rotatable bonds is 7. The highest BCUT2D eigenvalue weighted by Gasteiger charge is 2.32. The van der Waals surface area contributed by atoms with Crippen molar-refractivity contribution in [1.82, 2.24) is 4.90 Å². The zero-order chi connectivity index (χ0) is 21.9. The maximum atomic E-state index is 12.7. The fourth-order valence-corrected chi connectivity index (χ4v) is 3.16. The molecule has 5 nitrogen and oxygen atoms in total. The van der Waals surface area contributed by atoms with E-state index >= 15 is 0 Å². The summed E-state index contributed by atoms with van der Waals surface area (Å²) in [5, 5.41) is 2.82. The highest BCUT2D eigenvalue weighted by molar-refractivity contribution is 5.96. The molecule has 30 heavy (non-hydrogen) atoms. The van der Waals surface area contributed by atoms with E-state index in [1.165, 1.54) is 19.2 Å². The number of halogens is 3. The van der Waals surface area contributed by atoms with Gasteiger partial charge in [-0.05, 0) is 55.2 Å². The van der Waals surface area contributed by atoms with E-state index in [1.54, 1.807) is 18.2 Å². The Morgan fingerprint density at radius 1 is 1.13 bits per heavy atom. The molecule has 1 saturated carbocycles. The van der Waals surface area contributed by atoms with Crippen LogP contribution in [0.4, 0.5) is 18.9 Å². The maximum Gasteiger partial charge on any atom is 0.416 e. The minimum absolute atomic E-state index is 0.105. The molecule has 0 saturated heterocycles. The van der Waals surface area contributed by atoms with Gasteiger partial charge < -0.3 is 10.1 Å². The molecule has 2 aromatic carbocycles. The summed E-state index contributed by atoms with van der Waals surface area (Å²) in [6, 6.07) is 10.2. The molecule has 2 aromatic rings. The molecule has 0 heterocycles. The van der Waals surface area contributed by atoms with E-state index in [4.69, 9.17) is 4.74 Å². The Morgan fingerprint density at radius 3 is 2.37 bits per heavy atom. The first-order chi connectivity index (χ1) is 14.2. The monoisotopic (exact) mass is 420 g/mol. The molecule has 1 fully saturated rings. The lowest BCUT2D eigenvalue weighted by Crippen LogP contribution is -2.34. The highest BCUT2D eigenvalue weighted by atomic mass is 19.4. The summed E-state index contributed by atoms with van der Waals surface area (Å²) in [6.07, 6.45) is -2.47. The summed E-state index contributed by atoms with van der Waals surface area (Å²) >= 11 is 0. The Hall–Kier alpha value is -2.87. The first-order valence-corrected chi connectivity index (χ1v) is 9.56. The molecule has 1 N–H and O–H groups in total. The number of hydrogen-bond acceptors (Lipinski definition) is 4. The molecular formula is C22H23F3N2O3. The van der Waals surface area contributed by atoms with Gasteiger partial charge in [-0.3, -0.25) is 9.69 Å². The number of nitrogens with one attached hydrogen (secondary N) is 1. The summed E-state index contributed by atoms with van der Waals surface area (Å²) in [4.78, 5) is 26.3. The number of nitrogens with zero attached hydrogens (tertiary/aromatic N) is 1. The average molecular weight is 420 g/mol. The zero-order valence-corrected chi connectivity index (χ0v) is 16.8. The number of aryl methyl sites for hydroxylation is 1. The topological polar surface area (TPSA) is 58.6 Å². The number of ether oxygens (including phenoxy) is 1. The lowest BCUT2D eigenvalue weighted by molar-refractivity contribution is -0.137. The third-order valence-corrected chi connectivity index (χ3v) is 5.01. The van der Waals surface area contributed by atoms with Crippen LogP contribution in [0, 0.1) is 6.92 Å². The molecule has 1 aliphatic rings. The van der Waals surface area contributed by atoms with Gasteiger partial charge in [0.2, 0.25) is 5.91 Å². The van der Waals surface area contributed by atoms with Crippen molar-refractivity contribution in [2.75, 3.05) is 19.0 Å². The normalized spacial score (nSPS) is 13.9. The number of methoxy groups -OCH3 is 1. The first kappa shape index (κ1) is 21.8. The molecule has 0 radical (unpaired) electrons. The van der Waals surface area contributed by atoms with Crippen LogP contribution >= 0.6 is 0 Å². The summed E-state index contributed by atoms with van der Waals surface area (Å²) in [7, 11) is 1.29. The van der Waals surface area contributed by atoms with E-state index in [-0.39, 0.29) is 18.5 Å². The summed E-state index contributed by atoms with van der Waals surface area (Å²) in [5.41, 5.74) is 1.68. The van der Waals surface area contributed by atoms with Gasteiger partial charge in [-0.15, -0.1) is 0 Å². The van der Waals surface area contributed by atoms with E-state index in [0.29, 0.717) is 23.4 Å². The molecular weight excluding hydrogens is 397 g/mol. The van der Waals surface area contributed by atoms with Crippen LogP contribution in [0.25, 0.3) is 0 Å². The van der Waals surface area contributed by atoms with Crippen molar-refractivity contribution in [3.05, 3.63) is 64.7 Å². The van der Waals surface area contributed by atoms with Gasteiger partial charge in [-0.25, -0.2) is 4.79 Å². The molecule has 1 amide bonds. The Balaban J connectivity index is 1.66. The van der Waals surface area contributed by atoms with Crippen LogP contribution in [0.15, 0.2) is 42.5 Å². The predicted octanol–water partition coefficient (Wildman–Crippen LogP) is 4.40. The van der Waals surface area contributed by atoms with Gasteiger partial charge in [-0.1, -0.05) is 18.2 Å². The molecule has 3 rings (SSSR count). The van der Waals surface area contributed by atoms with Crippen molar-refractivity contribution in [2.24, 2.45) is 0 Å². The third kappa shape index (κ3) is 5.60. The highest BCUT2D eigenvalue weighted by Crippen LogP contribution is 2.31.